The first-order valence-electron chi connectivity index (χ1n) is 7.06. The van der Waals surface area contributed by atoms with Gasteiger partial charge in [-0.05, 0) is 17.7 Å². The lowest BCUT2D eigenvalue weighted by Gasteiger charge is -2.18. The van der Waals surface area contributed by atoms with Crippen LogP contribution in [0, 0.1) is 5.92 Å². The molecule has 126 valence electrons. The van der Waals surface area contributed by atoms with Crippen molar-refractivity contribution in [3.63, 3.8) is 0 Å². The summed E-state index contributed by atoms with van der Waals surface area (Å²) < 4.78 is 5.01. The van der Waals surface area contributed by atoms with E-state index in [0.29, 0.717) is 5.75 Å². The van der Waals surface area contributed by atoms with E-state index in [4.69, 9.17) is 21.3 Å². The molecule has 0 spiro atoms. The number of hydrogen-bond acceptors (Lipinski definition) is 5. The summed E-state index contributed by atoms with van der Waals surface area (Å²) in [6, 6.07) is 5.67. The molecule has 0 aliphatic rings. The van der Waals surface area contributed by atoms with Crippen molar-refractivity contribution in [1.82, 2.24) is 5.32 Å². The van der Waals surface area contributed by atoms with Gasteiger partial charge in [0.25, 0.3) is 0 Å². The zero-order chi connectivity index (χ0) is 17.4. The number of aliphatic carboxylic acids is 1. The minimum Gasteiger partial charge on any atom is -0.482 e. The third-order valence-corrected chi connectivity index (χ3v) is 3.19. The number of nitrogens with one attached hydrogen (secondary N) is 1. The van der Waals surface area contributed by atoms with E-state index in [2.05, 4.69) is 5.32 Å². The van der Waals surface area contributed by atoms with Gasteiger partial charge in [0.1, 0.15) is 11.8 Å². The summed E-state index contributed by atoms with van der Waals surface area (Å²) in [6.45, 7) is 1.39. The lowest BCUT2D eigenvalue weighted by molar-refractivity contribution is -0.139. The first-order chi connectivity index (χ1) is 10.8. The predicted octanol–water partition coefficient (Wildman–Crippen LogP) is -0.743. The quantitative estimate of drug-likeness (QED) is 0.471. The molecule has 0 fully saturated rings. The average Bonchev–Trinajstić information content (AvgIpc) is 2.52. The van der Waals surface area contributed by atoms with Gasteiger partial charge in [0.2, 0.25) is 11.8 Å². The van der Waals surface area contributed by atoms with E-state index < -0.39 is 30.4 Å². The van der Waals surface area contributed by atoms with Gasteiger partial charge in [0.05, 0.1) is 0 Å². The molecule has 0 saturated heterocycles. The molecule has 0 unspecified atom stereocenters. The van der Waals surface area contributed by atoms with E-state index in [1.54, 1.807) is 31.2 Å². The number of ether oxygens (including phenoxy) is 1. The van der Waals surface area contributed by atoms with Gasteiger partial charge in [-0.15, -0.1) is 0 Å². The molecular weight excluding hydrogens is 302 g/mol. The monoisotopic (exact) mass is 323 g/mol. The van der Waals surface area contributed by atoms with E-state index >= 15 is 0 Å². The van der Waals surface area contributed by atoms with Crippen LogP contribution in [0.4, 0.5) is 0 Å². The average molecular weight is 323 g/mol. The molecule has 0 aliphatic carbocycles. The van der Waals surface area contributed by atoms with Crippen LogP contribution in [0.1, 0.15) is 12.5 Å². The number of carbonyl (C=O) groups excluding carboxylic acids is 2. The Hall–Kier alpha value is -2.61. The second-order valence-corrected chi connectivity index (χ2v) is 5.13. The fraction of sp³-hybridized carbons (Fsp3) is 0.400. The third kappa shape index (κ3) is 6.35. The van der Waals surface area contributed by atoms with Crippen molar-refractivity contribution in [2.24, 2.45) is 17.4 Å². The van der Waals surface area contributed by atoms with Crippen molar-refractivity contribution in [3.05, 3.63) is 29.8 Å². The molecule has 8 heteroatoms. The Bertz CT molecular complexity index is 559. The van der Waals surface area contributed by atoms with Gasteiger partial charge in [-0.2, -0.15) is 0 Å². The maximum Gasteiger partial charge on any atom is 0.341 e. The molecule has 2 amide bonds. The maximum absolute atomic E-state index is 11.8. The van der Waals surface area contributed by atoms with Crippen LogP contribution < -0.4 is 21.5 Å². The van der Waals surface area contributed by atoms with Crippen molar-refractivity contribution in [1.29, 1.82) is 0 Å². The number of amides is 2. The SMILES string of the molecule is C[C@@H](CN)C(=O)N[C@@H](Cc1ccc(OCC(=O)O)cc1)C(N)=O. The highest BCUT2D eigenvalue weighted by atomic mass is 16.5. The second kappa shape index (κ2) is 8.74. The standard InChI is InChI=1S/C15H21N3O5/c1-9(7-16)15(22)18-12(14(17)21)6-10-2-4-11(5-3-10)23-8-13(19)20/h2-5,9,12H,6-8,16H2,1H3,(H2,17,21)(H,18,22)(H,19,20)/t9-,12-/m0/s1. The lowest BCUT2D eigenvalue weighted by Crippen LogP contribution is -2.48. The van der Waals surface area contributed by atoms with Gasteiger partial charge in [0.15, 0.2) is 6.61 Å². The van der Waals surface area contributed by atoms with Crippen LogP contribution >= 0.6 is 0 Å². The van der Waals surface area contributed by atoms with Crippen molar-refractivity contribution in [2.75, 3.05) is 13.2 Å². The highest BCUT2D eigenvalue weighted by Crippen LogP contribution is 2.13. The summed E-state index contributed by atoms with van der Waals surface area (Å²) in [5.74, 6) is -2.07. The lowest BCUT2D eigenvalue weighted by atomic mass is 10.0. The molecule has 0 heterocycles. The van der Waals surface area contributed by atoms with Crippen LogP contribution in [0.2, 0.25) is 0 Å². The van der Waals surface area contributed by atoms with Crippen LogP contribution in [0.3, 0.4) is 0 Å². The molecule has 0 radical (unpaired) electrons. The van der Waals surface area contributed by atoms with Gasteiger partial charge < -0.3 is 26.6 Å². The fourth-order valence-electron chi connectivity index (χ4n) is 1.75. The minimum absolute atomic E-state index is 0.174. The Morgan fingerprint density at radius 1 is 1.26 bits per heavy atom. The number of carbonyl (C=O) groups is 3. The Morgan fingerprint density at radius 3 is 2.35 bits per heavy atom. The van der Waals surface area contributed by atoms with Crippen molar-refractivity contribution in [3.8, 4) is 5.75 Å². The molecule has 0 saturated carbocycles. The first kappa shape index (κ1) is 18.4. The number of nitrogens with two attached hydrogens (primary N) is 2. The number of hydrogen-bond donors (Lipinski definition) is 4. The molecule has 2 atom stereocenters. The molecule has 23 heavy (non-hydrogen) atoms. The second-order valence-electron chi connectivity index (χ2n) is 5.13. The van der Waals surface area contributed by atoms with Crippen LogP contribution in [0.5, 0.6) is 5.75 Å². The maximum atomic E-state index is 11.8. The molecule has 1 aromatic rings. The molecule has 0 bridgehead atoms. The molecule has 6 N–H and O–H groups in total. The summed E-state index contributed by atoms with van der Waals surface area (Å²) in [4.78, 5) is 33.7. The number of benzene rings is 1. The van der Waals surface area contributed by atoms with Crippen molar-refractivity contribution < 1.29 is 24.2 Å². The zero-order valence-corrected chi connectivity index (χ0v) is 12.8. The van der Waals surface area contributed by atoms with E-state index in [1.165, 1.54) is 0 Å². The van der Waals surface area contributed by atoms with Crippen LogP contribution in [0.15, 0.2) is 24.3 Å². The van der Waals surface area contributed by atoms with Gasteiger partial charge >= 0.3 is 5.97 Å². The first-order valence-corrected chi connectivity index (χ1v) is 7.06. The highest BCUT2D eigenvalue weighted by Gasteiger charge is 2.21. The summed E-state index contributed by atoms with van der Waals surface area (Å²) in [5.41, 5.74) is 11.5. The number of carboxylic acids is 1. The molecular formula is C15H21N3O5. The molecule has 1 aromatic carbocycles. The number of rotatable bonds is 9. The van der Waals surface area contributed by atoms with Crippen molar-refractivity contribution >= 4 is 17.8 Å². The predicted molar refractivity (Wildman–Crippen MR) is 82.6 cm³/mol. The zero-order valence-electron chi connectivity index (χ0n) is 12.8. The Balaban J connectivity index is 2.68. The van der Waals surface area contributed by atoms with Crippen LogP contribution in [-0.2, 0) is 20.8 Å². The van der Waals surface area contributed by atoms with E-state index in [1.807, 2.05) is 0 Å². The smallest absolute Gasteiger partial charge is 0.341 e. The molecule has 0 aliphatic heterocycles. The van der Waals surface area contributed by atoms with Gasteiger partial charge in [0, 0.05) is 18.9 Å². The third-order valence-electron chi connectivity index (χ3n) is 3.19. The Kier molecular flexibility index (Phi) is 7.01. The minimum atomic E-state index is -1.07. The van der Waals surface area contributed by atoms with E-state index in [0.717, 1.165) is 5.56 Å². The van der Waals surface area contributed by atoms with Gasteiger partial charge in [-0.3, -0.25) is 9.59 Å². The summed E-state index contributed by atoms with van der Waals surface area (Å²) in [7, 11) is 0. The Labute approximate surface area is 133 Å². The molecule has 8 nitrogen and oxygen atoms in total. The largest absolute Gasteiger partial charge is 0.482 e. The summed E-state index contributed by atoms with van der Waals surface area (Å²) >= 11 is 0. The highest BCUT2D eigenvalue weighted by molar-refractivity contribution is 5.87. The summed E-state index contributed by atoms with van der Waals surface area (Å²) in [6.07, 6.45) is 0.220. The van der Waals surface area contributed by atoms with Gasteiger partial charge in [-0.25, -0.2) is 4.79 Å². The topological polar surface area (TPSA) is 145 Å². The molecule has 1 rings (SSSR count). The van der Waals surface area contributed by atoms with Gasteiger partial charge in [-0.1, -0.05) is 19.1 Å². The van der Waals surface area contributed by atoms with Crippen molar-refractivity contribution in [2.45, 2.75) is 19.4 Å². The van der Waals surface area contributed by atoms with E-state index in [9.17, 15) is 14.4 Å². The van der Waals surface area contributed by atoms with E-state index in [-0.39, 0.29) is 18.9 Å². The van der Waals surface area contributed by atoms with Crippen LogP contribution in [0.25, 0.3) is 0 Å². The number of carboxylic acid groups (broad SMARTS) is 1. The summed E-state index contributed by atoms with van der Waals surface area (Å²) in [5, 5.41) is 11.1. The molecule has 0 aromatic heterocycles. The fourth-order valence-corrected chi connectivity index (χ4v) is 1.75. The van der Waals surface area contributed by atoms with Crippen LogP contribution in [-0.4, -0.2) is 42.1 Å². The Morgan fingerprint density at radius 2 is 1.87 bits per heavy atom. The normalized spacial score (nSPS) is 13.0. The number of primary amides is 1.